The number of halogens is 1. The quantitative estimate of drug-likeness (QED) is 0.775. The first-order valence-electron chi connectivity index (χ1n) is 8.12. The summed E-state index contributed by atoms with van der Waals surface area (Å²) in [6.45, 7) is 3.50. The number of rotatable bonds is 3. The molecule has 2 heterocycles. The number of imide groups is 1. The van der Waals surface area contributed by atoms with Gasteiger partial charge < -0.3 is 9.80 Å². The van der Waals surface area contributed by atoms with E-state index < -0.39 is 6.04 Å². The molecular weight excluding hydrogens is 313 g/mol. The van der Waals surface area contributed by atoms with Crippen LogP contribution in [0.25, 0.3) is 0 Å². The second kappa shape index (κ2) is 6.59. The van der Waals surface area contributed by atoms with Gasteiger partial charge in [-0.25, -0.2) is 4.39 Å². The zero-order valence-electron chi connectivity index (χ0n) is 13.6. The van der Waals surface area contributed by atoms with Crippen molar-refractivity contribution >= 4 is 23.4 Å². The number of hydrogen-bond donors (Lipinski definition) is 0. The van der Waals surface area contributed by atoms with Crippen LogP contribution in [0, 0.1) is 5.82 Å². The van der Waals surface area contributed by atoms with Gasteiger partial charge >= 0.3 is 0 Å². The van der Waals surface area contributed by atoms with Crippen LogP contribution < -0.4 is 4.90 Å². The van der Waals surface area contributed by atoms with Crippen molar-refractivity contribution in [2.24, 2.45) is 0 Å². The van der Waals surface area contributed by atoms with Gasteiger partial charge in [-0.1, -0.05) is 12.1 Å². The predicted molar refractivity (Wildman–Crippen MR) is 85.7 cm³/mol. The number of amides is 3. The van der Waals surface area contributed by atoms with Crippen LogP contribution in [-0.2, 0) is 14.4 Å². The summed E-state index contributed by atoms with van der Waals surface area (Å²) in [5.74, 6) is -1.08. The van der Waals surface area contributed by atoms with E-state index in [1.807, 2.05) is 4.90 Å². The molecular formula is C17H20FN3O3. The summed E-state index contributed by atoms with van der Waals surface area (Å²) in [7, 11) is 0. The normalized spacial score (nSPS) is 19.8. The summed E-state index contributed by atoms with van der Waals surface area (Å²) in [6.07, 6.45) is 0.356. The van der Waals surface area contributed by atoms with Crippen LogP contribution in [0.2, 0.25) is 0 Å². The van der Waals surface area contributed by atoms with Crippen molar-refractivity contribution in [1.29, 1.82) is 0 Å². The van der Waals surface area contributed by atoms with Gasteiger partial charge in [0.2, 0.25) is 17.7 Å². The van der Waals surface area contributed by atoms with Gasteiger partial charge in [-0.05, 0) is 19.1 Å². The third-order valence-electron chi connectivity index (χ3n) is 4.62. The molecule has 0 radical (unpaired) electrons. The van der Waals surface area contributed by atoms with E-state index in [0.29, 0.717) is 31.9 Å². The second-order valence-corrected chi connectivity index (χ2v) is 6.10. The first-order chi connectivity index (χ1) is 11.5. The van der Waals surface area contributed by atoms with Crippen molar-refractivity contribution in [3.05, 3.63) is 30.1 Å². The van der Waals surface area contributed by atoms with Crippen LogP contribution in [0.15, 0.2) is 24.3 Å². The summed E-state index contributed by atoms with van der Waals surface area (Å²) >= 11 is 0. The van der Waals surface area contributed by atoms with Gasteiger partial charge in [0.1, 0.15) is 11.9 Å². The smallest absolute Gasteiger partial charge is 0.245 e. The molecule has 7 heteroatoms. The van der Waals surface area contributed by atoms with E-state index in [-0.39, 0.29) is 36.4 Å². The number of nitrogens with zero attached hydrogens (tertiary/aromatic N) is 3. The maximum Gasteiger partial charge on any atom is 0.245 e. The minimum absolute atomic E-state index is 0.178. The fourth-order valence-corrected chi connectivity index (χ4v) is 3.28. The van der Waals surface area contributed by atoms with E-state index >= 15 is 0 Å². The van der Waals surface area contributed by atoms with Crippen LogP contribution in [0.3, 0.4) is 0 Å². The number of likely N-dealkylation sites (tertiary alicyclic amines) is 1. The molecule has 1 aromatic rings. The van der Waals surface area contributed by atoms with Gasteiger partial charge in [0.25, 0.3) is 0 Å². The monoisotopic (exact) mass is 333 g/mol. The van der Waals surface area contributed by atoms with Crippen LogP contribution in [0.1, 0.15) is 19.8 Å². The highest BCUT2D eigenvalue weighted by molar-refractivity contribution is 6.05. The van der Waals surface area contributed by atoms with E-state index in [1.54, 1.807) is 30.0 Å². The Morgan fingerprint density at radius 2 is 1.62 bits per heavy atom. The molecule has 3 amide bonds. The van der Waals surface area contributed by atoms with Crippen LogP contribution in [-0.4, -0.2) is 59.7 Å². The molecule has 0 saturated carbocycles. The highest BCUT2D eigenvalue weighted by atomic mass is 19.1. The Bertz CT molecular complexity index is 655. The molecule has 1 atom stereocenters. The number of para-hydroxylation sites is 1. The third kappa shape index (κ3) is 2.98. The lowest BCUT2D eigenvalue weighted by Gasteiger charge is -2.38. The van der Waals surface area contributed by atoms with Gasteiger partial charge in [-0.3, -0.25) is 19.3 Å². The van der Waals surface area contributed by atoms with E-state index in [2.05, 4.69) is 0 Å². The van der Waals surface area contributed by atoms with Crippen molar-refractivity contribution in [3.8, 4) is 0 Å². The Balaban J connectivity index is 1.62. The minimum atomic E-state index is -0.771. The van der Waals surface area contributed by atoms with Crippen molar-refractivity contribution in [1.82, 2.24) is 9.80 Å². The van der Waals surface area contributed by atoms with Gasteiger partial charge in [0.05, 0.1) is 5.69 Å². The maximum absolute atomic E-state index is 13.8. The minimum Gasteiger partial charge on any atom is -0.366 e. The molecule has 128 valence electrons. The number of benzene rings is 1. The van der Waals surface area contributed by atoms with E-state index in [9.17, 15) is 18.8 Å². The van der Waals surface area contributed by atoms with Crippen molar-refractivity contribution in [2.75, 3.05) is 31.1 Å². The van der Waals surface area contributed by atoms with Gasteiger partial charge in [0.15, 0.2) is 0 Å². The Kier molecular flexibility index (Phi) is 4.51. The molecule has 24 heavy (non-hydrogen) atoms. The Hall–Kier alpha value is -2.44. The molecule has 1 unspecified atom stereocenters. The molecule has 2 saturated heterocycles. The van der Waals surface area contributed by atoms with E-state index in [4.69, 9.17) is 0 Å². The molecule has 2 aliphatic heterocycles. The highest BCUT2D eigenvalue weighted by Gasteiger charge is 2.38. The molecule has 0 spiro atoms. The summed E-state index contributed by atoms with van der Waals surface area (Å²) in [4.78, 5) is 40.7. The van der Waals surface area contributed by atoms with Crippen molar-refractivity contribution < 1.29 is 18.8 Å². The number of carbonyl (C=O) groups is 3. The molecule has 0 bridgehead atoms. The number of carbonyl (C=O) groups excluding carboxylic acids is 3. The molecule has 0 aromatic heterocycles. The Morgan fingerprint density at radius 1 is 1.04 bits per heavy atom. The lowest BCUT2D eigenvalue weighted by atomic mass is 10.2. The van der Waals surface area contributed by atoms with Gasteiger partial charge in [-0.2, -0.15) is 0 Å². The number of hydrogen-bond acceptors (Lipinski definition) is 4. The zero-order valence-corrected chi connectivity index (χ0v) is 13.6. The maximum atomic E-state index is 13.8. The summed E-state index contributed by atoms with van der Waals surface area (Å²) in [5, 5.41) is 0. The van der Waals surface area contributed by atoms with Gasteiger partial charge in [-0.15, -0.1) is 0 Å². The standard InChI is InChI=1S/C17H20FN3O3/c1-12(21-15(22)6-7-16(21)23)17(24)20-10-8-19(9-11-20)14-5-3-2-4-13(14)18/h2-5,12H,6-11H2,1H3. The summed E-state index contributed by atoms with van der Waals surface area (Å²) in [5.41, 5.74) is 0.530. The van der Waals surface area contributed by atoms with Gasteiger partial charge in [0, 0.05) is 39.0 Å². The van der Waals surface area contributed by atoms with Crippen LogP contribution >= 0.6 is 0 Å². The third-order valence-corrected chi connectivity index (χ3v) is 4.62. The largest absolute Gasteiger partial charge is 0.366 e. The average molecular weight is 333 g/mol. The first-order valence-corrected chi connectivity index (χ1v) is 8.12. The fourth-order valence-electron chi connectivity index (χ4n) is 3.28. The van der Waals surface area contributed by atoms with E-state index in [0.717, 1.165) is 4.90 Å². The van der Waals surface area contributed by atoms with Crippen LogP contribution in [0.5, 0.6) is 0 Å². The molecule has 3 rings (SSSR count). The second-order valence-electron chi connectivity index (χ2n) is 6.10. The molecule has 0 aliphatic carbocycles. The Morgan fingerprint density at radius 3 is 2.21 bits per heavy atom. The summed E-state index contributed by atoms with van der Waals surface area (Å²) in [6, 6.07) is 5.79. The molecule has 2 aliphatic rings. The SMILES string of the molecule is CC(C(=O)N1CCN(c2ccccc2F)CC1)N1C(=O)CCC1=O. The van der Waals surface area contributed by atoms with Crippen LogP contribution in [0.4, 0.5) is 10.1 Å². The highest BCUT2D eigenvalue weighted by Crippen LogP contribution is 2.21. The Labute approximate surface area is 139 Å². The average Bonchev–Trinajstić information content (AvgIpc) is 2.93. The zero-order chi connectivity index (χ0) is 17.3. The number of piperazine rings is 1. The van der Waals surface area contributed by atoms with E-state index in [1.165, 1.54) is 6.07 Å². The lowest BCUT2D eigenvalue weighted by Crippen LogP contribution is -2.55. The molecule has 6 nitrogen and oxygen atoms in total. The molecule has 2 fully saturated rings. The van der Waals surface area contributed by atoms with Crippen molar-refractivity contribution in [2.45, 2.75) is 25.8 Å². The number of anilines is 1. The predicted octanol–water partition coefficient (Wildman–Crippen LogP) is 1.01. The lowest BCUT2D eigenvalue weighted by molar-refractivity contribution is -0.150. The topological polar surface area (TPSA) is 60.9 Å². The first kappa shape index (κ1) is 16.4. The molecule has 0 N–H and O–H groups in total. The molecule has 1 aromatic carbocycles. The fraction of sp³-hybridized carbons (Fsp3) is 0.471. The van der Waals surface area contributed by atoms with Crippen molar-refractivity contribution in [3.63, 3.8) is 0 Å². The summed E-state index contributed by atoms with van der Waals surface area (Å²) < 4.78 is 13.8.